The summed E-state index contributed by atoms with van der Waals surface area (Å²) in [5.41, 5.74) is 0.480. The van der Waals surface area contributed by atoms with Crippen LogP contribution in [0.25, 0.3) is 0 Å². The van der Waals surface area contributed by atoms with Gasteiger partial charge in [0.1, 0.15) is 0 Å². The molecule has 0 N–H and O–H groups in total. The van der Waals surface area contributed by atoms with Gasteiger partial charge in [-0.05, 0) is 29.4 Å². The van der Waals surface area contributed by atoms with Crippen molar-refractivity contribution in [3.8, 4) is 0 Å². The summed E-state index contributed by atoms with van der Waals surface area (Å²) in [5.74, 6) is 2.92. The molecule has 0 amide bonds. The van der Waals surface area contributed by atoms with Crippen LogP contribution in [-0.2, 0) is 0 Å². The summed E-state index contributed by atoms with van der Waals surface area (Å²) in [7, 11) is 0. The standard InChI is InChI=1S/C13H28S/c1-10(2)8-13(6,7)12(5)14-9-11(3)4/h10-12H,8-9H2,1-7H3. The Kier molecular flexibility index (Phi) is 6.20. The largest absolute Gasteiger partial charge is 0.158 e. The van der Waals surface area contributed by atoms with Crippen molar-refractivity contribution in [3.05, 3.63) is 0 Å². The van der Waals surface area contributed by atoms with Crippen LogP contribution in [0.2, 0.25) is 0 Å². The first-order chi connectivity index (χ1) is 6.25. The summed E-state index contributed by atoms with van der Waals surface area (Å²) in [6.07, 6.45) is 1.33. The van der Waals surface area contributed by atoms with Crippen LogP contribution < -0.4 is 0 Å². The Morgan fingerprint density at radius 3 is 1.79 bits per heavy atom. The van der Waals surface area contributed by atoms with Gasteiger partial charge in [-0.25, -0.2) is 0 Å². The molecule has 0 radical (unpaired) electrons. The number of thioether (sulfide) groups is 1. The molecule has 0 aliphatic rings. The maximum Gasteiger partial charge on any atom is 0.00701 e. The first kappa shape index (κ1) is 14.3. The van der Waals surface area contributed by atoms with Crippen molar-refractivity contribution in [2.45, 2.75) is 60.1 Å². The lowest BCUT2D eigenvalue weighted by Gasteiger charge is -2.33. The molecule has 0 aliphatic heterocycles. The van der Waals surface area contributed by atoms with E-state index < -0.39 is 0 Å². The van der Waals surface area contributed by atoms with Crippen LogP contribution in [0.3, 0.4) is 0 Å². The van der Waals surface area contributed by atoms with Crippen molar-refractivity contribution in [1.29, 1.82) is 0 Å². The van der Waals surface area contributed by atoms with Crippen molar-refractivity contribution >= 4 is 11.8 Å². The molecule has 0 aromatic heterocycles. The van der Waals surface area contributed by atoms with E-state index in [9.17, 15) is 0 Å². The monoisotopic (exact) mass is 216 g/mol. The van der Waals surface area contributed by atoms with E-state index in [1.807, 2.05) is 0 Å². The Balaban J connectivity index is 4.00. The molecular weight excluding hydrogens is 188 g/mol. The molecular formula is C13H28S. The van der Waals surface area contributed by atoms with Gasteiger partial charge in [-0.15, -0.1) is 0 Å². The molecule has 86 valence electrons. The van der Waals surface area contributed by atoms with Crippen LogP contribution in [-0.4, -0.2) is 11.0 Å². The Hall–Kier alpha value is 0.350. The van der Waals surface area contributed by atoms with Crippen molar-refractivity contribution in [1.82, 2.24) is 0 Å². The summed E-state index contributed by atoms with van der Waals surface area (Å²) in [4.78, 5) is 0. The van der Waals surface area contributed by atoms with Gasteiger partial charge < -0.3 is 0 Å². The first-order valence-corrected chi connectivity index (χ1v) is 6.92. The first-order valence-electron chi connectivity index (χ1n) is 5.87. The summed E-state index contributed by atoms with van der Waals surface area (Å²) in [5, 5.41) is 0.771. The smallest absolute Gasteiger partial charge is 0.00701 e. The average Bonchev–Trinajstić information content (AvgIpc) is 1.97. The van der Waals surface area contributed by atoms with Gasteiger partial charge in [-0.1, -0.05) is 48.5 Å². The zero-order chi connectivity index (χ0) is 11.4. The molecule has 0 nitrogen and oxygen atoms in total. The van der Waals surface area contributed by atoms with E-state index in [4.69, 9.17) is 0 Å². The van der Waals surface area contributed by atoms with E-state index in [1.54, 1.807) is 0 Å². The van der Waals surface area contributed by atoms with Gasteiger partial charge in [0.05, 0.1) is 0 Å². The molecule has 0 aromatic rings. The van der Waals surface area contributed by atoms with Crippen molar-refractivity contribution in [2.24, 2.45) is 17.3 Å². The SMILES string of the molecule is CC(C)CSC(C)C(C)(C)CC(C)C. The number of rotatable bonds is 6. The summed E-state index contributed by atoms with van der Waals surface area (Å²) < 4.78 is 0. The van der Waals surface area contributed by atoms with Crippen LogP contribution in [0, 0.1) is 17.3 Å². The quantitative estimate of drug-likeness (QED) is 0.612. The van der Waals surface area contributed by atoms with Gasteiger partial charge >= 0.3 is 0 Å². The lowest BCUT2D eigenvalue weighted by atomic mass is 9.81. The molecule has 0 heterocycles. The van der Waals surface area contributed by atoms with E-state index in [0.717, 1.165) is 17.1 Å². The van der Waals surface area contributed by atoms with Crippen LogP contribution in [0.5, 0.6) is 0 Å². The predicted octanol–water partition coefficient (Wildman–Crippen LogP) is 4.84. The molecule has 0 aliphatic carbocycles. The average molecular weight is 216 g/mol. The fraction of sp³-hybridized carbons (Fsp3) is 1.00. The fourth-order valence-electron chi connectivity index (χ4n) is 1.78. The number of hydrogen-bond donors (Lipinski definition) is 0. The topological polar surface area (TPSA) is 0 Å². The molecule has 14 heavy (non-hydrogen) atoms. The van der Waals surface area contributed by atoms with E-state index >= 15 is 0 Å². The highest BCUT2D eigenvalue weighted by atomic mass is 32.2. The minimum absolute atomic E-state index is 0.480. The van der Waals surface area contributed by atoms with Gasteiger partial charge in [0.25, 0.3) is 0 Å². The van der Waals surface area contributed by atoms with Gasteiger partial charge in [0.2, 0.25) is 0 Å². The summed E-state index contributed by atoms with van der Waals surface area (Å²) >= 11 is 2.13. The van der Waals surface area contributed by atoms with Crippen LogP contribution in [0.4, 0.5) is 0 Å². The third kappa shape index (κ3) is 5.95. The highest BCUT2D eigenvalue weighted by molar-refractivity contribution is 7.99. The number of hydrogen-bond acceptors (Lipinski definition) is 1. The van der Waals surface area contributed by atoms with E-state index in [-0.39, 0.29) is 0 Å². The third-order valence-electron chi connectivity index (χ3n) is 2.71. The molecule has 0 bridgehead atoms. The third-order valence-corrected chi connectivity index (χ3v) is 4.71. The second kappa shape index (κ2) is 6.05. The lowest BCUT2D eigenvalue weighted by Crippen LogP contribution is -2.26. The highest BCUT2D eigenvalue weighted by Crippen LogP contribution is 2.36. The Labute approximate surface area is 95.2 Å². The minimum atomic E-state index is 0.480. The zero-order valence-corrected chi connectivity index (χ0v) is 11.9. The lowest BCUT2D eigenvalue weighted by molar-refractivity contribution is 0.286. The fourth-order valence-corrected chi connectivity index (χ4v) is 3.00. The second-order valence-corrected chi connectivity index (χ2v) is 7.33. The van der Waals surface area contributed by atoms with Crippen molar-refractivity contribution in [3.63, 3.8) is 0 Å². The molecule has 0 saturated heterocycles. The van der Waals surface area contributed by atoms with Gasteiger partial charge in [0, 0.05) is 5.25 Å². The maximum absolute atomic E-state index is 2.41. The van der Waals surface area contributed by atoms with E-state index in [2.05, 4.69) is 60.2 Å². The molecule has 0 saturated carbocycles. The molecule has 0 aromatic carbocycles. The zero-order valence-electron chi connectivity index (χ0n) is 11.1. The van der Waals surface area contributed by atoms with Crippen molar-refractivity contribution in [2.75, 3.05) is 5.75 Å². The maximum atomic E-state index is 2.41. The highest BCUT2D eigenvalue weighted by Gasteiger charge is 2.26. The van der Waals surface area contributed by atoms with E-state index in [1.165, 1.54) is 12.2 Å². The molecule has 0 fully saturated rings. The molecule has 0 spiro atoms. The molecule has 1 heteroatoms. The van der Waals surface area contributed by atoms with Crippen molar-refractivity contribution < 1.29 is 0 Å². The normalized spacial score (nSPS) is 15.2. The molecule has 1 atom stereocenters. The Morgan fingerprint density at radius 1 is 0.929 bits per heavy atom. The van der Waals surface area contributed by atoms with Crippen LogP contribution in [0.1, 0.15) is 54.9 Å². The second-order valence-electron chi connectivity index (χ2n) is 5.96. The van der Waals surface area contributed by atoms with Gasteiger partial charge in [0.15, 0.2) is 0 Å². The van der Waals surface area contributed by atoms with Gasteiger partial charge in [-0.3, -0.25) is 0 Å². The van der Waals surface area contributed by atoms with Crippen LogP contribution >= 0.6 is 11.8 Å². The summed E-state index contributed by atoms with van der Waals surface area (Å²) in [6, 6.07) is 0. The minimum Gasteiger partial charge on any atom is -0.158 e. The van der Waals surface area contributed by atoms with Gasteiger partial charge in [-0.2, -0.15) is 11.8 Å². The Morgan fingerprint density at radius 2 is 1.43 bits per heavy atom. The van der Waals surface area contributed by atoms with Crippen LogP contribution in [0.15, 0.2) is 0 Å². The molecule has 1 unspecified atom stereocenters. The van der Waals surface area contributed by atoms with E-state index in [0.29, 0.717) is 5.41 Å². The molecule has 0 rings (SSSR count). The predicted molar refractivity (Wildman–Crippen MR) is 70.0 cm³/mol. The summed E-state index contributed by atoms with van der Waals surface area (Å²) in [6.45, 7) is 16.4. The Bertz CT molecular complexity index is 147.